The Morgan fingerprint density at radius 3 is 2.45 bits per heavy atom. The van der Waals surface area contributed by atoms with Crippen LogP contribution in [-0.4, -0.2) is 16.8 Å². The zero-order valence-corrected chi connectivity index (χ0v) is 16.6. The molecule has 0 N–H and O–H groups in total. The SMILES string of the molecule is Cc1ccc(C2=N/C(=C\c3ccccc3OCc3ccc([N+](=O)[O-])cc3)C(=O)O2)cc1. The Hall–Kier alpha value is -4.26. The van der Waals surface area contributed by atoms with Crippen LogP contribution in [0.2, 0.25) is 0 Å². The van der Waals surface area contributed by atoms with Crippen LogP contribution >= 0.6 is 0 Å². The number of rotatable bonds is 6. The Morgan fingerprint density at radius 1 is 1.03 bits per heavy atom. The van der Waals surface area contributed by atoms with E-state index in [1.54, 1.807) is 24.3 Å². The molecule has 0 radical (unpaired) electrons. The summed E-state index contributed by atoms with van der Waals surface area (Å²) in [5.41, 5.74) is 3.49. The number of hydrogen-bond acceptors (Lipinski definition) is 6. The molecule has 0 aromatic heterocycles. The van der Waals surface area contributed by atoms with Crippen LogP contribution in [0.3, 0.4) is 0 Å². The molecule has 0 saturated carbocycles. The number of nitro benzene ring substituents is 1. The molecule has 0 unspecified atom stereocenters. The van der Waals surface area contributed by atoms with Crippen molar-refractivity contribution >= 4 is 23.6 Å². The highest BCUT2D eigenvalue weighted by Crippen LogP contribution is 2.26. The minimum Gasteiger partial charge on any atom is -0.488 e. The Balaban J connectivity index is 1.54. The molecule has 3 aromatic rings. The first kappa shape index (κ1) is 20.0. The number of nitro groups is 1. The van der Waals surface area contributed by atoms with Crippen LogP contribution in [0, 0.1) is 17.0 Å². The van der Waals surface area contributed by atoms with E-state index in [0.29, 0.717) is 11.3 Å². The number of cyclic esters (lactones) is 1. The van der Waals surface area contributed by atoms with Crippen molar-refractivity contribution in [2.75, 3.05) is 0 Å². The molecule has 7 nitrogen and oxygen atoms in total. The lowest BCUT2D eigenvalue weighted by atomic mass is 10.1. The minimum absolute atomic E-state index is 0.0240. The predicted molar refractivity (Wildman–Crippen MR) is 116 cm³/mol. The van der Waals surface area contributed by atoms with Crippen LogP contribution in [0.5, 0.6) is 5.75 Å². The van der Waals surface area contributed by atoms with E-state index in [0.717, 1.165) is 16.7 Å². The third-order valence-electron chi connectivity index (χ3n) is 4.67. The van der Waals surface area contributed by atoms with E-state index < -0.39 is 10.9 Å². The fraction of sp³-hybridized carbons (Fsp3) is 0.0833. The largest absolute Gasteiger partial charge is 0.488 e. The molecule has 0 aliphatic carbocycles. The molecular formula is C24H18N2O5. The second-order valence-electron chi connectivity index (χ2n) is 6.95. The molecular weight excluding hydrogens is 396 g/mol. The quantitative estimate of drug-likeness (QED) is 0.249. The zero-order chi connectivity index (χ0) is 21.8. The Bertz CT molecular complexity index is 1200. The third-order valence-corrected chi connectivity index (χ3v) is 4.67. The average Bonchev–Trinajstić information content (AvgIpc) is 3.14. The fourth-order valence-electron chi connectivity index (χ4n) is 2.98. The standard InChI is InChI=1S/C24H18N2O5/c1-16-6-10-18(11-7-16)23-25-21(24(27)31-23)14-19-4-2-3-5-22(19)30-15-17-8-12-20(13-9-17)26(28)29/h2-14H,15H2,1H3/b21-14-. The maximum atomic E-state index is 12.3. The van der Waals surface area contributed by atoms with Crippen molar-refractivity contribution in [3.8, 4) is 5.75 Å². The lowest BCUT2D eigenvalue weighted by Gasteiger charge is -2.09. The summed E-state index contributed by atoms with van der Waals surface area (Å²) in [5, 5.41) is 10.8. The number of hydrogen-bond donors (Lipinski definition) is 0. The van der Waals surface area contributed by atoms with Crippen molar-refractivity contribution in [1.29, 1.82) is 0 Å². The van der Waals surface area contributed by atoms with Gasteiger partial charge in [0, 0.05) is 23.3 Å². The lowest BCUT2D eigenvalue weighted by molar-refractivity contribution is -0.384. The zero-order valence-electron chi connectivity index (χ0n) is 16.6. The van der Waals surface area contributed by atoms with E-state index >= 15 is 0 Å². The molecule has 7 heteroatoms. The number of aliphatic imine (C=N–C) groups is 1. The molecule has 0 amide bonds. The summed E-state index contributed by atoms with van der Waals surface area (Å²) in [5.74, 6) is 0.293. The average molecular weight is 414 g/mol. The lowest BCUT2D eigenvalue weighted by Crippen LogP contribution is -2.05. The molecule has 0 spiro atoms. The van der Waals surface area contributed by atoms with E-state index in [1.807, 2.05) is 49.4 Å². The second kappa shape index (κ2) is 8.62. The van der Waals surface area contributed by atoms with Gasteiger partial charge in [-0.3, -0.25) is 10.1 Å². The van der Waals surface area contributed by atoms with Gasteiger partial charge in [-0.15, -0.1) is 0 Å². The molecule has 0 fully saturated rings. The summed E-state index contributed by atoms with van der Waals surface area (Å²) < 4.78 is 11.2. The van der Waals surface area contributed by atoms with Gasteiger partial charge in [0.05, 0.1) is 4.92 Å². The smallest absolute Gasteiger partial charge is 0.363 e. The Labute approximate surface area is 178 Å². The van der Waals surface area contributed by atoms with Crippen molar-refractivity contribution in [2.45, 2.75) is 13.5 Å². The predicted octanol–water partition coefficient (Wildman–Crippen LogP) is 4.83. The van der Waals surface area contributed by atoms with Crippen LogP contribution in [-0.2, 0) is 16.1 Å². The van der Waals surface area contributed by atoms with E-state index in [1.165, 1.54) is 12.1 Å². The van der Waals surface area contributed by atoms with Gasteiger partial charge < -0.3 is 9.47 Å². The van der Waals surface area contributed by atoms with Crippen LogP contribution in [0.4, 0.5) is 5.69 Å². The third kappa shape index (κ3) is 4.67. The summed E-state index contributed by atoms with van der Waals surface area (Å²) in [6, 6.07) is 21.0. The first-order chi connectivity index (χ1) is 15.0. The van der Waals surface area contributed by atoms with Gasteiger partial charge in [-0.1, -0.05) is 35.9 Å². The minimum atomic E-state index is -0.527. The van der Waals surface area contributed by atoms with Gasteiger partial charge in [0.2, 0.25) is 5.90 Å². The van der Waals surface area contributed by atoms with E-state index in [4.69, 9.17) is 9.47 Å². The molecule has 1 aliphatic heterocycles. The highest BCUT2D eigenvalue weighted by Gasteiger charge is 2.24. The maximum Gasteiger partial charge on any atom is 0.363 e. The first-order valence-electron chi connectivity index (χ1n) is 9.54. The Kier molecular flexibility index (Phi) is 5.57. The number of ether oxygens (including phenoxy) is 2. The topological polar surface area (TPSA) is 91.0 Å². The molecule has 4 rings (SSSR count). The normalized spacial score (nSPS) is 14.3. The molecule has 0 bridgehead atoms. The van der Waals surface area contributed by atoms with Crippen molar-refractivity contribution in [3.63, 3.8) is 0 Å². The van der Waals surface area contributed by atoms with Crippen LogP contribution in [0.1, 0.15) is 22.3 Å². The number of para-hydroxylation sites is 1. The summed E-state index contributed by atoms with van der Waals surface area (Å²) in [6.45, 7) is 2.20. The van der Waals surface area contributed by atoms with Gasteiger partial charge >= 0.3 is 5.97 Å². The van der Waals surface area contributed by atoms with Gasteiger partial charge in [-0.2, -0.15) is 0 Å². The van der Waals surface area contributed by atoms with E-state index in [-0.39, 0.29) is 23.9 Å². The summed E-state index contributed by atoms with van der Waals surface area (Å²) >= 11 is 0. The number of esters is 1. The van der Waals surface area contributed by atoms with Gasteiger partial charge in [-0.25, -0.2) is 9.79 Å². The van der Waals surface area contributed by atoms with Crippen molar-refractivity contribution in [1.82, 2.24) is 0 Å². The maximum absolute atomic E-state index is 12.3. The fourth-order valence-corrected chi connectivity index (χ4v) is 2.98. The number of benzene rings is 3. The van der Waals surface area contributed by atoms with E-state index in [2.05, 4.69) is 4.99 Å². The van der Waals surface area contributed by atoms with Crippen LogP contribution in [0.15, 0.2) is 83.5 Å². The van der Waals surface area contributed by atoms with Crippen LogP contribution < -0.4 is 4.74 Å². The molecule has 154 valence electrons. The van der Waals surface area contributed by atoms with Crippen LogP contribution in [0.25, 0.3) is 6.08 Å². The monoisotopic (exact) mass is 414 g/mol. The van der Waals surface area contributed by atoms with Gasteiger partial charge in [-0.05, 0) is 48.9 Å². The van der Waals surface area contributed by atoms with E-state index in [9.17, 15) is 14.9 Å². The number of nitrogens with zero attached hydrogens (tertiary/aromatic N) is 2. The molecule has 1 aliphatic rings. The number of carbonyl (C=O) groups is 1. The van der Waals surface area contributed by atoms with Gasteiger partial charge in [0.25, 0.3) is 5.69 Å². The molecule has 1 heterocycles. The van der Waals surface area contributed by atoms with Crippen molar-refractivity contribution in [2.24, 2.45) is 4.99 Å². The Morgan fingerprint density at radius 2 is 1.74 bits per heavy atom. The highest BCUT2D eigenvalue weighted by atomic mass is 16.6. The molecule has 31 heavy (non-hydrogen) atoms. The second-order valence-corrected chi connectivity index (χ2v) is 6.95. The summed E-state index contributed by atoms with van der Waals surface area (Å²) in [4.78, 5) is 27.0. The first-order valence-corrected chi connectivity index (χ1v) is 9.54. The highest BCUT2D eigenvalue weighted by molar-refractivity contribution is 6.12. The number of carbonyl (C=O) groups excluding carboxylic acids is 1. The number of aryl methyl sites for hydroxylation is 1. The van der Waals surface area contributed by atoms with Crippen molar-refractivity contribution in [3.05, 3.63) is 111 Å². The molecule has 0 atom stereocenters. The number of non-ortho nitro benzene ring substituents is 1. The summed E-state index contributed by atoms with van der Waals surface area (Å²) in [6.07, 6.45) is 1.62. The van der Waals surface area contributed by atoms with Gasteiger partial charge in [0.15, 0.2) is 5.70 Å². The van der Waals surface area contributed by atoms with Gasteiger partial charge in [0.1, 0.15) is 12.4 Å². The molecule has 0 saturated heterocycles. The molecule has 3 aromatic carbocycles. The van der Waals surface area contributed by atoms with Crippen molar-refractivity contribution < 1.29 is 19.2 Å². The summed E-state index contributed by atoms with van der Waals surface area (Å²) in [7, 11) is 0.